The van der Waals surface area contributed by atoms with Gasteiger partial charge in [0.1, 0.15) is 23.9 Å². The normalized spacial score (nSPS) is 14.8. The molecule has 2 aromatic carbocycles. The Morgan fingerprint density at radius 3 is 2.76 bits per heavy atom. The maximum absolute atomic E-state index is 12.7. The summed E-state index contributed by atoms with van der Waals surface area (Å²) < 4.78 is 11.3. The molecular weight excluding hydrogens is 468 g/mol. The second-order valence-electron chi connectivity index (χ2n) is 7.12. The monoisotopic (exact) mass is 484 g/mol. The van der Waals surface area contributed by atoms with Crippen molar-refractivity contribution in [3.63, 3.8) is 0 Å². The van der Waals surface area contributed by atoms with Gasteiger partial charge < -0.3 is 9.15 Å². The Morgan fingerprint density at radius 1 is 1.18 bits per heavy atom. The zero-order chi connectivity index (χ0) is 23.5. The number of benzene rings is 2. The fourth-order valence-electron chi connectivity index (χ4n) is 3.17. The molecule has 0 saturated carbocycles. The van der Waals surface area contributed by atoms with E-state index < -0.39 is 16.1 Å². The number of ether oxygens (including phenoxy) is 1. The van der Waals surface area contributed by atoms with Gasteiger partial charge in [-0.1, -0.05) is 23.7 Å². The van der Waals surface area contributed by atoms with Crippen LogP contribution in [-0.2, 0) is 4.79 Å². The first-order valence-electron chi connectivity index (χ1n) is 9.81. The number of carbonyl (C=O) groups is 2. The molecule has 0 N–H and O–H groups in total. The Labute approximate surface area is 197 Å². The van der Waals surface area contributed by atoms with Crippen LogP contribution < -0.4 is 4.74 Å². The summed E-state index contributed by atoms with van der Waals surface area (Å²) in [5.74, 6) is 0.847. The molecule has 0 spiro atoms. The molecular formula is C23H17ClN2O6S. The quantitative estimate of drug-likeness (QED) is 0.232. The molecule has 1 fully saturated rings. The average molecular weight is 485 g/mol. The van der Waals surface area contributed by atoms with E-state index >= 15 is 0 Å². The van der Waals surface area contributed by atoms with Crippen molar-refractivity contribution in [2.45, 2.75) is 6.92 Å². The summed E-state index contributed by atoms with van der Waals surface area (Å²) >= 11 is 6.97. The van der Waals surface area contributed by atoms with Crippen LogP contribution in [0.5, 0.6) is 5.75 Å². The third-order valence-electron chi connectivity index (χ3n) is 4.77. The number of furan rings is 1. The maximum atomic E-state index is 12.7. The summed E-state index contributed by atoms with van der Waals surface area (Å²) in [6.07, 6.45) is 1.46. The van der Waals surface area contributed by atoms with Crippen LogP contribution in [0.4, 0.5) is 10.5 Å². The molecule has 2 amide bonds. The molecule has 1 saturated heterocycles. The number of nitrogens with zero attached hydrogens (tertiary/aromatic N) is 2. The standard InChI is InChI=1S/C23H17ClN2O6S/c1-14-3-2-4-16(11-14)31-10-9-25-22(27)21(33-23(25)28)13-17-6-8-20(32-17)18-12-15(26(29)30)5-7-19(18)24/h2-8,11-13H,9-10H2,1H3/b21-13-. The number of imide groups is 1. The van der Waals surface area contributed by atoms with Crippen LogP contribution >= 0.6 is 23.4 Å². The minimum atomic E-state index is -0.525. The number of nitro benzene ring substituents is 1. The molecule has 0 aliphatic carbocycles. The topological polar surface area (TPSA) is 103 Å². The summed E-state index contributed by atoms with van der Waals surface area (Å²) in [6, 6.07) is 14.7. The Hall–Kier alpha value is -3.56. The lowest BCUT2D eigenvalue weighted by atomic mass is 10.1. The van der Waals surface area contributed by atoms with Gasteiger partial charge in [-0.05, 0) is 54.6 Å². The number of carbonyl (C=O) groups excluding carboxylic acids is 2. The van der Waals surface area contributed by atoms with Crippen LogP contribution in [0.3, 0.4) is 0 Å². The first kappa shape index (κ1) is 22.6. The minimum Gasteiger partial charge on any atom is -0.492 e. The highest BCUT2D eigenvalue weighted by molar-refractivity contribution is 8.18. The van der Waals surface area contributed by atoms with E-state index in [0.29, 0.717) is 22.8 Å². The van der Waals surface area contributed by atoms with Crippen LogP contribution in [0.25, 0.3) is 17.4 Å². The lowest BCUT2D eigenvalue weighted by Gasteiger charge is -2.13. The summed E-state index contributed by atoms with van der Waals surface area (Å²) in [4.78, 5) is 36.8. The van der Waals surface area contributed by atoms with Crippen molar-refractivity contribution < 1.29 is 23.7 Å². The third-order valence-corrected chi connectivity index (χ3v) is 6.01. The molecule has 8 nitrogen and oxygen atoms in total. The van der Waals surface area contributed by atoms with Gasteiger partial charge in [-0.25, -0.2) is 0 Å². The van der Waals surface area contributed by atoms with Gasteiger partial charge in [0, 0.05) is 23.8 Å². The number of nitro groups is 1. The number of amides is 2. The molecule has 2 heterocycles. The van der Waals surface area contributed by atoms with Crippen molar-refractivity contribution in [3.05, 3.63) is 86.0 Å². The Morgan fingerprint density at radius 2 is 2.00 bits per heavy atom. The van der Waals surface area contributed by atoms with Gasteiger partial charge in [0.25, 0.3) is 16.8 Å². The summed E-state index contributed by atoms with van der Waals surface area (Å²) in [5, 5.41) is 10.9. The van der Waals surface area contributed by atoms with Gasteiger partial charge in [-0.2, -0.15) is 0 Å². The van der Waals surface area contributed by atoms with E-state index in [1.807, 2.05) is 31.2 Å². The predicted octanol–water partition coefficient (Wildman–Crippen LogP) is 5.93. The van der Waals surface area contributed by atoms with E-state index in [-0.39, 0.29) is 28.8 Å². The largest absolute Gasteiger partial charge is 0.492 e. The third kappa shape index (κ3) is 5.10. The second-order valence-corrected chi connectivity index (χ2v) is 8.52. The number of aryl methyl sites for hydroxylation is 1. The van der Waals surface area contributed by atoms with Gasteiger partial charge in [-0.3, -0.25) is 24.6 Å². The maximum Gasteiger partial charge on any atom is 0.293 e. The van der Waals surface area contributed by atoms with Gasteiger partial charge in [0.15, 0.2) is 0 Å². The Balaban J connectivity index is 1.45. The first-order valence-corrected chi connectivity index (χ1v) is 11.0. The van der Waals surface area contributed by atoms with E-state index in [1.54, 1.807) is 12.1 Å². The van der Waals surface area contributed by atoms with E-state index in [0.717, 1.165) is 22.2 Å². The molecule has 33 heavy (non-hydrogen) atoms. The highest BCUT2D eigenvalue weighted by atomic mass is 35.5. The lowest BCUT2D eigenvalue weighted by molar-refractivity contribution is -0.384. The Kier molecular flexibility index (Phi) is 6.52. The summed E-state index contributed by atoms with van der Waals surface area (Å²) in [6.45, 7) is 2.23. The zero-order valence-electron chi connectivity index (χ0n) is 17.3. The smallest absolute Gasteiger partial charge is 0.293 e. The highest BCUT2D eigenvalue weighted by Crippen LogP contribution is 2.35. The number of rotatable bonds is 7. The van der Waals surface area contributed by atoms with Crippen molar-refractivity contribution in [1.29, 1.82) is 0 Å². The first-order chi connectivity index (χ1) is 15.8. The van der Waals surface area contributed by atoms with Crippen molar-refractivity contribution in [2.75, 3.05) is 13.2 Å². The van der Waals surface area contributed by atoms with Crippen LogP contribution in [0.2, 0.25) is 5.02 Å². The van der Waals surface area contributed by atoms with Gasteiger partial charge in [0.05, 0.1) is 21.4 Å². The number of non-ortho nitro benzene ring substituents is 1. The van der Waals surface area contributed by atoms with Crippen LogP contribution in [0.15, 0.2) is 63.9 Å². The molecule has 168 valence electrons. The van der Waals surface area contributed by atoms with Gasteiger partial charge >= 0.3 is 0 Å². The summed E-state index contributed by atoms with van der Waals surface area (Å²) in [7, 11) is 0. The lowest BCUT2D eigenvalue weighted by Crippen LogP contribution is -2.32. The Bertz CT molecular complexity index is 1290. The molecule has 3 aromatic rings. The predicted molar refractivity (Wildman–Crippen MR) is 125 cm³/mol. The molecule has 0 radical (unpaired) electrons. The van der Waals surface area contributed by atoms with E-state index in [4.69, 9.17) is 20.8 Å². The van der Waals surface area contributed by atoms with Crippen LogP contribution in [0, 0.1) is 17.0 Å². The average Bonchev–Trinajstić information content (AvgIpc) is 3.34. The van der Waals surface area contributed by atoms with Crippen LogP contribution in [0.1, 0.15) is 11.3 Å². The number of hydrogen-bond acceptors (Lipinski definition) is 7. The van der Waals surface area contributed by atoms with Gasteiger partial charge in [-0.15, -0.1) is 0 Å². The molecule has 4 rings (SSSR count). The zero-order valence-corrected chi connectivity index (χ0v) is 18.9. The van der Waals surface area contributed by atoms with E-state index in [9.17, 15) is 19.7 Å². The molecule has 10 heteroatoms. The number of thioether (sulfide) groups is 1. The van der Waals surface area contributed by atoms with E-state index in [2.05, 4.69) is 0 Å². The molecule has 1 aromatic heterocycles. The molecule has 1 aliphatic heterocycles. The van der Waals surface area contributed by atoms with Gasteiger partial charge in [0.2, 0.25) is 0 Å². The van der Waals surface area contributed by atoms with Crippen LogP contribution in [-0.4, -0.2) is 34.1 Å². The molecule has 0 unspecified atom stereocenters. The highest BCUT2D eigenvalue weighted by Gasteiger charge is 2.35. The number of halogens is 1. The number of hydrogen-bond donors (Lipinski definition) is 0. The fourth-order valence-corrected chi connectivity index (χ4v) is 4.23. The molecule has 0 bridgehead atoms. The molecule has 0 atom stereocenters. The summed E-state index contributed by atoms with van der Waals surface area (Å²) in [5.41, 5.74) is 1.28. The SMILES string of the molecule is Cc1cccc(OCCN2C(=O)S/C(=C\c3ccc(-c4cc([N+](=O)[O-])ccc4Cl)o3)C2=O)c1. The van der Waals surface area contributed by atoms with Crippen molar-refractivity contribution >= 4 is 46.3 Å². The van der Waals surface area contributed by atoms with Crippen molar-refractivity contribution in [1.82, 2.24) is 4.90 Å². The van der Waals surface area contributed by atoms with E-state index in [1.165, 1.54) is 24.3 Å². The van der Waals surface area contributed by atoms with Crippen molar-refractivity contribution in [2.24, 2.45) is 0 Å². The second kappa shape index (κ2) is 9.51. The minimum absolute atomic E-state index is 0.114. The fraction of sp³-hybridized carbons (Fsp3) is 0.130. The molecule has 1 aliphatic rings. The van der Waals surface area contributed by atoms with Crippen molar-refractivity contribution in [3.8, 4) is 17.1 Å².